The van der Waals surface area contributed by atoms with Gasteiger partial charge in [0.25, 0.3) is 0 Å². The summed E-state index contributed by atoms with van der Waals surface area (Å²) in [7, 11) is -3.34. The van der Waals surface area contributed by atoms with Crippen molar-refractivity contribution in [3.05, 3.63) is 35.6 Å². The van der Waals surface area contributed by atoms with Crippen molar-refractivity contribution in [3.63, 3.8) is 0 Å². The molecule has 0 bridgehead atoms. The van der Waals surface area contributed by atoms with Gasteiger partial charge in [0, 0.05) is 13.1 Å². The van der Waals surface area contributed by atoms with E-state index in [0.29, 0.717) is 5.56 Å². The van der Waals surface area contributed by atoms with Crippen molar-refractivity contribution >= 4 is 10.0 Å². The fourth-order valence-electron chi connectivity index (χ4n) is 1.07. The molecule has 1 aromatic rings. The van der Waals surface area contributed by atoms with Crippen LogP contribution in [0.3, 0.4) is 0 Å². The van der Waals surface area contributed by atoms with E-state index in [-0.39, 0.29) is 24.7 Å². The molecule has 0 radical (unpaired) electrons. The van der Waals surface area contributed by atoms with Gasteiger partial charge in [-0.2, -0.15) is 0 Å². The molecule has 15 heavy (non-hydrogen) atoms. The van der Waals surface area contributed by atoms with E-state index >= 15 is 0 Å². The SMILES string of the molecule is NCCS(=O)(=O)NCc1cccc(F)c1. The van der Waals surface area contributed by atoms with Gasteiger partial charge in [0.15, 0.2) is 0 Å². The van der Waals surface area contributed by atoms with Gasteiger partial charge in [0.1, 0.15) is 5.82 Å². The van der Waals surface area contributed by atoms with Crippen LogP contribution in [0.1, 0.15) is 5.56 Å². The Bertz CT molecular complexity index is 420. The van der Waals surface area contributed by atoms with E-state index in [9.17, 15) is 12.8 Å². The van der Waals surface area contributed by atoms with Crippen molar-refractivity contribution in [3.8, 4) is 0 Å². The molecular weight excluding hydrogens is 219 g/mol. The van der Waals surface area contributed by atoms with Crippen LogP contribution >= 0.6 is 0 Å². The second kappa shape index (κ2) is 5.20. The first kappa shape index (κ1) is 12.1. The van der Waals surface area contributed by atoms with Crippen LogP contribution in [-0.4, -0.2) is 20.7 Å². The maximum Gasteiger partial charge on any atom is 0.213 e. The molecule has 0 saturated heterocycles. The van der Waals surface area contributed by atoms with Crippen LogP contribution in [-0.2, 0) is 16.6 Å². The number of rotatable bonds is 5. The Morgan fingerprint density at radius 1 is 1.40 bits per heavy atom. The lowest BCUT2D eigenvalue weighted by atomic mass is 10.2. The average Bonchev–Trinajstić information content (AvgIpc) is 2.15. The molecule has 0 aliphatic rings. The highest BCUT2D eigenvalue weighted by atomic mass is 32.2. The Morgan fingerprint density at radius 3 is 2.73 bits per heavy atom. The molecule has 0 fully saturated rings. The van der Waals surface area contributed by atoms with E-state index in [0.717, 1.165) is 0 Å². The molecule has 0 spiro atoms. The number of benzene rings is 1. The zero-order valence-corrected chi connectivity index (χ0v) is 8.93. The third kappa shape index (κ3) is 4.37. The zero-order chi connectivity index (χ0) is 11.3. The number of nitrogens with one attached hydrogen (secondary N) is 1. The number of nitrogens with two attached hydrogens (primary N) is 1. The highest BCUT2D eigenvalue weighted by Gasteiger charge is 2.07. The molecule has 0 amide bonds. The summed E-state index contributed by atoms with van der Waals surface area (Å²) in [4.78, 5) is 0. The molecule has 84 valence electrons. The van der Waals surface area contributed by atoms with E-state index in [1.807, 2.05) is 0 Å². The normalized spacial score (nSPS) is 11.6. The molecule has 4 nitrogen and oxygen atoms in total. The summed E-state index contributed by atoms with van der Waals surface area (Å²) in [6.07, 6.45) is 0. The maximum absolute atomic E-state index is 12.7. The first-order chi connectivity index (χ1) is 7.03. The Balaban J connectivity index is 2.58. The molecule has 1 aromatic carbocycles. The van der Waals surface area contributed by atoms with Crippen LogP contribution in [0.25, 0.3) is 0 Å². The summed E-state index contributed by atoms with van der Waals surface area (Å²) >= 11 is 0. The molecule has 6 heteroatoms. The smallest absolute Gasteiger partial charge is 0.213 e. The largest absolute Gasteiger partial charge is 0.329 e. The van der Waals surface area contributed by atoms with E-state index < -0.39 is 10.0 Å². The zero-order valence-electron chi connectivity index (χ0n) is 8.11. The number of hydrogen-bond acceptors (Lipinski definition) is 3. The van der Waals surface area contributed by atoms with Gasteiger partial charge >= 0.3 is 0 Å². The number of hydrogen-bond donors (Lipinski definition) is 2. The molecule has 0 heterocycles. The van der Waals surface area contributed by atoms with Crippen LogP contribution in [0.4, 0.5) is 4.39 Å². The van der Waals surface area contributed by atoms with Gasteiger partial charge in [-0.15, -0.1) is 0 Å². The number of halogens is 1. The van der Waals surface area contributed by atoms with E-state index in [1.54, 1.807) is 6.07 Å². The van der Waals surface area contributed by atoms with E-state index in [4.69, 9.17) is 5.73 Å². The number of sulfonamides is 1. The van der Waals surface area contributed by atoms with Gasteiger partial charge in [-0.25, -0.2) is 17.5 Å². The van der Waals surface area contributed by atoms with Crippen molar-refractivity contribution in [1.29, 1.82) is 0 Å². The summed E-state index contributed by atoms with van der Waals surface area (Å²) in [5, 5.41) is 0. The third-order valence-corrected chi connectivity index (χ3v) is 3.13. The lowest BCUT2D eigenvalue weighted by Gasteiger charge is -2.05. The first-order valence-corrected chi connectivity index (χ1v) is 6.10. The molecule has 1 rings (SSSR count). The Labute approximate surface area is 88.3 Å². The van der Waals surface area contributed by atoms with Gasteiger partial charge in [-0.1, -0.05) is 12.1 Å². The van der Waals surface area contributed by atoms with Crippen LogP contribution in [0.15, 0.2) is 24.3 Å². The quantitative estimate of drug-likeness (QED) is 0.762. The summed E-state index contributed by atoms with van der Waals surface area (Å²) in [6.45, 7) is 0.151. The maximum atomic E-state index is 12.7. The van der Waals surface area contributed by atoms with Crippen LogP contribution < -0.4 is 10.5 Å². The van der Waals surface area contributed by atoms with Gasteiger partial charge < -0.3 is 5.73 Å². The topological polar surface area (TPSA) is 72.2 Å². The highest BCUT2D eigenvalue weighted by Crippen LogP contribution is 2.03. The second-order valence-corrected chi connectivity index (χ2v) is 4.99. The highest BCUT2D eigenvalue weighted by molar-refractivity contribution is 7.89. The van der Waals surface area contributed by atoms with Crippen molar-refractivity contribution in [2.24, 2.45) is 5.73 Å². The van der Waals surface area contributed by atoms with Gasteiger partial charge in [0.2, 0.25) is 10.0 Å². The van der Waals surface area contributed by atoms with Crippen molar-refractivity contribution in [2.45, 2.75) is 6.54 Å². The Kier molecular flexibility index (Phi) is 4.19. The fourth-order valence-corrected chi connectivity index (χ4v) is 1.91. The van der Waals surface area contributed by atoms with Crippen molar-refractivity contribution < 1.29 is 12.8 Å². The van der Waals surface area contributed by atoms with Crippen LogP contribution in [0, 0.1) is 5.82 Å². The Morgan fingerprint density at radius 2 is 2.13 bits per heavy atom. The van der Waals surface area contributed by atoms with E-state index in [1.165, 1.54) is 18.2 Å². The molecule has 0 aliphatic carbocycles. The molecule has 0 unspecified atom stereocenters. The molecule has 0 saturated carbocycles. The van der Waals surface area contributed by atoms with Crippen molar-refractivity contribution in [1.82, 2.24) is 4.72 Å². The van der Waals surface area contributed by atoms with E-state index in [2.05, 4.69) is 4.72 Å². The minimum atomic E-state index is -3.34. The lowest BCUT2D eigenvalue weighted by molar-refractivity contribution is 0.580. The summed E-state index contributed by atoms with van der Waals surface area (Å²) in [6, 6.07) is 5.76. The molecule has 0 aromatic heterocycles. The summed E-state index contributed by atoms with van der Waals surface area (Å²) in [5.41, 5.74) is 5.71. The average molecular weight is 232 g/mol. The second-order valence-electron chi connectivity index (χ2n) is 3.06. The molecule has 0 aliphatic heterocycles. The predicted octanol–water partition coefficient (Wildman–Crippen LogP) is 0.204. The molecule has 0 atom stereocenters. The molecule has 3 N–H and O–H groups in total. The summed E-state index contributed by atoms with van der Waals surface area (Å²) < 4.78 is 37.5. The summed E-state index contributed by atoms with van der Waals surface area (Å²) in [5.74, 6) is -0.506. The third-order valence-electron chi connectivity index (χ3n) is 1.77. The fraction of sp³-hybridized carbons (Fsp3) is 0.333. The van der Waals surface area contributed by atoms with Crippen LogP contribution in [0.2, 0.25) is 0 Å². The Hall–Kier alpha value is -0.980. The van der Waals surface area contributed by atoms with Gasteiger partial charge in [-0.05, 0) is 17.7 Å². The molecular formula is C9H13FN2O2S. The minimum Gasteiger partial charge on any atom is -0.329 e. The van der Waals surface area contributed by atoms with Crippen molar-refractivity contribution in [2.75, 3.05) is 12.3 Å². The predicted molar refractivity (Wildman–Crippen MR) is 56.1 cm³/mol. The van der Waals surface area contributed by atoms with Gasteiger partial charge in [0.05, 0.1) is 5.75 Å². The lowest BCUT2D eigenvalue weighted by Crippen LogP contribution is -2.29. The van der Waals surface area contributed by atoms with Crippen LogP contribution in [0.5, 0.6) is 0 Å². The standard InChI is InChI=1S/C9H13FN2O2S/c10-9-3-1-2-8(6-9)7-12-15(13,14)5-4-11/h1-3,6,12H,4-5,7,11H2. The van der Waals surface area contributed by atoms with Gasteiger partial charge in [-0.3, -0.25) is 0 Å². The monoisotopic (exact) mass is 232 g/mol. The first-order valence-electron chi connectivity index (χ1n) is 4.45. The minimum absolute atomic E-state index is 0.0679.